The van der Waals surface area contributed by atoms with Gasteiger partial charge in [-0.15, -0.1) is 0 Å². The van der Waals surface area contributed by atoms with Crippen LogP contribution >= 0.6 is 23.8 Å². The average molecular weight is 389 g/mol. The lowest BCUT2D eigenvalue weighted by Gasteiger charge is -2.30. The normalized spacial score (nSPS) is 19.8. The summed E-state index contributed by atoms with van der Waals surface area (Å²) in [6.45, 7) is 7.63. The van der Waals surface area contributed by atoms with Crippen LogP contribution in [-0.4, -0.2) is 24.2 Å². The maximum atomic E-state index is 5.97. The molecule has 1 heterocycles. The van der Waals surface area contributed by atoms with Gasteiger partial charge in [0.1, 0.15) is 6.54 Å². The van der Waals surface area contributed by atoms with Crippen LogP contribution < -0.4 is 15.5 Å². The van der Waals surface area contributed by atoms with Gasteiger partial charge in [-0.3, -0.25) is 0 Å². The van der Waals surface area contributed by atoms with Crippen molar-refractivity contribution >= 4 is 34.6 Å². The summed E-state index contributed by atoms with van der Waals surface area (Å²) in [6.07, 6.45) is 2.27. The van der Waals surface area contributed by atoms with Gasteiger partial charge in [-0.05, 0) is 55.4 Å². The maximum absolute atomic E-state index is 5.97. The lowest BCUT2D eigenvalue weighted by Crippen LogP contribution is -3.12. The number of hydrogen-bond donors (Lipinski definition) is 3. The van der Waals surface area contributed by atoms with E-state index in [1.807, 2.05) is 12.1 Å². The summed E-state index contributed by atoms with van der Waals surface area (Å²) in [5.74, 6) is 0. The molecular formula is C21H27ClN3S+. The van der Waals surface area contributed by atoms with Crippen LogP contribution in [0, 0.1) is 13.8 Å². The fourth-order valence-electron chi connectivity index (χ4n) is 3.47. The van der Waals surface area contributed by atoms with Gasteiger partial charge in [0.25, 0.3) is 0 Å². The number of likely N-dealkylation sites (tertiary alicyclic amines) is 1. The first-order valence-corrected chi connectivity index (χ1v) is 10.0. The summed E-state index contributed by atoms with van der Waals surface area (Å²) in [5, 5.41) is 8.38. The predicted octanol–water partition coefficient (Wildman–Crippen LogP) is 3.49. The van der Waals surface area contributed by atoms with E-state index in [2.05, 4.69) is 54.8 Å². The Bertz CT molecular complexity index is 752. The molecule has 1 aliphatic rings. The quantitative estimate of drug-likeness (QED) is 0.700. The number of thiocarbonyl (C=S) groups is 1. The van der Waals surface area contributed by atoms with E-state index in [4.69, 9.17) is 23.8 Å². The highest BCUT2D eigenvalue weighted by Gasteiger charge is 2.22. The van der Waals surface area contributed by atoms with Crippen molar-refractivity contribution in [2.45, 2.75) is 39.3 Å². The van der Waals surface area contributed by atoms with E-state index in [1.165, 1.54) is 16.7 Å². The number of anilines is 1. The first-order valence-electron chi connectivity index (χ1n) is 9.23. The number of piperidine rings is 1. The molecule has 138 valence electrons. The van der Waals surface area contributed by atoms with Crippen molar-refractivity contribution in [1.82, 2.24) is 5.32 Å². The molecule has 0 spiro atoms. The molecule has 0 atom stereocenters. The second-order valence-electron chi connectivity index (χ2n) is 7.17. The molecule has 0 aliphatic carbocycles. The van der Waals surface area contributed by atoms with Crippen LogP contribution in [0.4, 0.5) is 5.69 Å². The third-order valence-corrected chi connectivity index (χ3v) is 5.72. The Hall–Kier alpha value is -1.62. The van der Waals surface area contributed by atoms with Crippen molar-refractivity contribution < 1.29 is 4.90 Å². The van der Waals surface area contributed by atoms with E-state index in [9.17, 15) is 0 Å². The van der Waals surface area contributed by atoms with Gasteiger partial charge in [0, 0.05) is 35.2 Å². The molecule has 3 rings (SSSR count). The summed E-state index contributed by atoms with van der Waals surface area (Å²) >= 11 is 11.5. The van der Waals surface area contributed by atoms with Gasteiger partial charge in [0.2, 0.25) is 0 Å². The van der Waals surface area contributed by atoms with Gasteiger partial charge in [0.05, 0.1) is 13.1 Å². The molecule has 3 nitrogen and oxygen atoms in total. The minimum Gasteiger partial charge on any atom is -0.359 e. The molecule has 1 fully saturated rings. The Morgan fingerprint density at radius 3 is 2.50 bits per heavy atom. The second kappa shape index (κ2) is 8.85. The smallest absolute Gasteiger partial charge is 0.171 e. The van der Waals surface area contributed by atoms with Crippen LogP contribution in [0.25, 0.3) is 0 Å². The molecule has 5 heteroatoms. The van der Waals surface area contributed by atoms with Crippen molar-refractivity contribution in [3.8, 4) is 0 Å². The standard InChI is InChI=1S/C21H26ClN3S/c1-15-4-3-5-20(16(15)2)24-21(26)23-19-10-12-25(13-11-19)14-17-6-8-18(22)9-7-17/h3-9,19H,10-14H2,1-2H3,(H2,23,24,26)/p+1. The second-order valence-corrected chi connectivity index (χ2v) is 8.02. The molecule has 0 aromatic heterocycles. The fourth-order valence-corrected chi connectivity index (χ4v) is 3.87. The van der Waals surface area contributed by atoms with Crippen molar-refractivity contribution in [2.24, 2.45) is 0 Å². The highest BCUT2D eigenvalue weighted by molar-refractivity contribution is 7.80. The van der Waals surface area contributed by atoms with Crippen LogP contribution in [0.5, 0.6) is 0 Å². The average Bonchev–Trinajstić information content (AvgIpc) is 2.62. The Labute approximate surface area is 166 Å². The molecule has 0 amide bonds. The van der Waals surface area contributed by atoms with Crippen LogP contribution in [0.15, 0.2) is 42.5 Å². The fraction of sp³-hybridized carbons (Fsp3) is 0.381. The maximum Gasteiger partial charge on any atom is 0.171 e. The van der Waals surface area contributed by atoms with E-state index < -0.39 is 0 Å². The number of benzene rings is 2. The van der Waals surface area contributed by atoms with Gasteiger partial charge in [-0.2, -0.15) is 0 Å². The highest BCUT2D eigenvalue weighted by atomic mass is 35.5. The number of hydrogen-bond acceptors (Lipinski definition) is 1. The van der Waals surface area contributed by atoms with Gasteiger partial charge >= 0.3 is 0 Å². The topological polar surface area (TPSA) is 28.5 Å². The molecule has 0 saturated carbocycles. The zero-order valence-electron chi connectivity index (χ0n) is 15.4. The molecule has 2 aromatic rings. The molecule has 1 saturated heterocycles. The Morgan fingerprint density at radius 2 is 1.81 bits per heavy atom. The zero-order chi connectivity index (χ0) is 18.5. The van der Waals surface area contributed by atoms with Crippen LogP contribution in [-0.2, 0) is 6.54 Å². The van der Waals surface area contributed by atoms with E-state index in [1.54, 1.807) is 4.90 Å². The van der Waals surface area contributed by atoms with Crippen molar-refractivity contribution in [2.75, 3.05) is 18.4 Å². The Balaban J connectivity index is 1.45. The van der Waals surface area contributed by atoms with Crippen LogP contribution in [0.2, 0.25) is 5.02 Å². The molecule has 0 bridgehead atoms. The SMILES string of the molecule is Cc1cccc(NC(=S)NC2CC[NH+](Cc3ccc(Cl)cc3)CC2)c1C. The first-order chi connectivity index (χ1) is 12.5. The monoisotopic (exact) mass is 388 g/mol. The molecule has 26 heavy (non-hydrogen) atoms. The Morgan fingerprint density at radius 1 is 1.12 bits per heavy atom. The minimum atomic E-state index is 0.453. The van der Waals surface area contributed by atoms with Crippen LogP contribution in [0.1, 0.15) is 29.5 Å². The summed E-state index contributed by atoms with van der Waals surface area (Å²) in [6, 6.07) is 14.9. The molecule has 0 unspecified atom stereocenters. The molecule has 3 N–H and O–H groups in total. The van der Waals surface area contributed by atoms with E-state index >= 15 is 0 Å². The van der Waals surface area contributed by atoms with E-state index in [0.29, 0.717) is 6.04 Å². The summed E-state index contributed by atoms with van der Waals surface area (Å²) in [7, 11) is 0. The minimum absolute atomic E-state index is 0.453. The third kappa shape index (κ3) is 5.19. The number of halogens is 1. The molecular weight excluding hydrogens is 362 g/mol. The number of aryl methyl sites for hydroxylation is 1. The lowest BCUT2D eigenvalue weighted by molar-refractivity contribution is -0.918. The van der Waals surface area contributed by atoms with Gasteiger partial charge in [-0.25, -0.2) is 0 Å². The largest absolute Gasteiger partial charge is 0.359 e. The highest BCUT2D eigenvalue weighted by Crippen LogP contribution is 2.18. The molecule has 2 aromatic carbocycles. The van der Waals surface area contributed by atoms with E-state index in [-0.39, 0.29) is 0 Å². The molecule has 1 aliphatic heterocycles. The number of nitrogens with one attached hydrogen (secondary N) is 3. The number of rotatable bonds is 4. The predicted molar refractivity (Wildman–Crippen MR) is 114 cm³/mol. The van der Waals surface area contributed by atoms with Crippen molar-refractivity contribution in [1.29, 1.82) is 0 Å². The van der Waals surface area contributed by atoms with Crippen LogP contribution in [0.3, 0.4) is 0 Å². The molecule has 0 radical (unpaired) electrons. The summed E-state index contributed by atoms with van der Waals surface area (Å²) in [5.41, 5.74) is 4.96. The zero-order valence-corrected chi connectivity index (χ0v) is 17.0. The van der Waals surface area contributed by atoms with Gasteiger partial charge < -0.3 is 15.5 Å². The summed E-state index contributed by atoms with van der Waals surface area (Å²) < 4.78 is 0. The van der Waals surface area contributed by atoms with Crippen molar-refractivity contribution in [3.63, 3.8) is 0 Å². The Kier molecular flexibility index (Phi) is 6.52. The summed E-state index contributed by atoms with van der Waals surface area (Å²) in [4.78, 5) is 1.62. The van der Waals surface area contributed by atoms with Gasteiger partial charge in [-0.1, -0.05) is 35.9 Å². The first kappa shape index (κ1) is 19.2. The number of quaternary nitrogens is 1. The van der Waals surface area contributed by atoms with Gasteiger partial charge in [0.15, 0.2) is 5.11 Å². The third-order valence-electron chi connectivity index (χ3n) is 5.25. The lowest BCUT2D eigenvalue weighted by atomic mass is 10.0. The van der Waals surface area contributed by atoms with Crippen molar-refractivity contribution in [3.05, 3.63) is 64.2 Å². The van der Waals surface area contributed by atoms with E-state index in [0.717, 1.165) is 48.3 Å².